The third kappa shape index (κ3) is 27.4. The molecule has 16 nitrogen and oxygen atoms in total. The van der Waals surface area contributed by atoms with Crippen molar-refractivity contribution >= 4 is 54.4 Å². The SMILES string of the molecule is C=C1OC(=O)C2(C)C3C=CC(C3)C12.C=C1OC(C)CC1C.C=C1OCCC1C.C=C1Oc2ccccc2C1C.C=O.C=O.CC(=O)C(C)c1ccccc1.CC(=O)C1(C)CCC1.CC(=O)C1(C)CCCCC1.CC(C(=O)CO)c1ccccc1.CC1(C(=O)CO)CCCCC1.CC1(C)CCOC1=O. The second kappa shape index (κ2) is 44.2. The standard InChI is InChI=1S/C11H12O2.C10H12O2.C10H10O.C10H12O.C9H16O2.C9H16O.2C7H12O.C6H10O2.C6H10O.2CH2O/c1-6-9-7-3-4-8(5-7)11(9,2)10(12)13-6;1-8(10(12)7-11)9-5-3-2-4-6-9;1-7-8(2)11-10-6-4-3-5-9(7)10;1-8(9(2)11)10-6-4-3-5-7-10;1-9(8(11)7-10)5-3-2-4-6-9;1-8(10)9(2)6-4-3-5-7-9;1-5-4-6(2)8-7(5)3;1-6(8)7(2)4-3-5-7;1-6(2)3-4-8-5(6)7;1-5-3-4-7-6(5)2;2*1-2/h3-4,7-9H,1,5H2,2H3;2-6,8,11H,7H2,1H3;3-7H,2H2,1H3;3-8H,1-2H3;10H,2-7H2,1H3;3-7H2,1-2H3;5-6H,3-4H2,1-2H3;3-5H2,1-2H3;3-4H2,1-2H3;5H,2-4H2,1H3;2*1H2. The van der Waals surface area contributed by atoms with Crippen molar-refractivity contribution in [3.05, 3.63) is 163 Å². The second-order valence-corrected chi connectivity index (χ2v) is 30.5. The Labute approximate surface area is 617 Å². The predicted octanol–water partition coefficient (Wildman–Crippen LogP) is 18.2. The normalized spacial score (nSPS) is 25.3. The number of rotatable bonds is 9. The van der Waals surface area contributed by atoms with Gasteiger partial charge in [0.2, 0.25) is 0 Å². The molecule has 0 spiro atoms. The van der Waals surface area contributed by atoms with Crippen LogP contribution in [0.1, 0.15) is 247 Å². The highest BCUT2D eigenvalue weighted by Gasteiger charge is 2.64. The fourth-order valence-electron chi connectivity index (χ4n) is 13.6. The van der Waals surface area contributed by atoms with Crippen molar-refractivity contribution in [2.75, 3.05) is 26.4 Å². The quantitative estimate of drug-likeness (QED) is 0.149. The maximum atomic E-state index is 11.7. The maximum absolute atomic E-state index is 11.7. The van der Waals surface area contributed by atoms with Gasteiger partial charge < -0.3 is 43.5 Å². The highest BCUT2D eigenvalue weighted by atomic mass is 16.6. The average Bonchev–Trinajstić information content (AvgIpc) is 1.55. The smallest absolute Gasteiger partial charge is 0.318 e. The topological polar surface area (TPSA) is 240 Å². The van der Waals surface area contributed by atoms with Gasteiger partial charge in [-0.15, -0.1) is 0 Å². The number of Topliss-reactive ketones (excluding diaryl/α,β-unsaturated/α-hetero) is 5. The van der Waals surface area contributed by atoms with Gasteiger partial charge >= 0.3 is 11.9 Å². The molecule has 8 fully saturated rings. The van der Waals surface area contributed by atoms with Crippen LogP contribution in [-0.4, -0.2) is 97.2 Å². The van der Waals surface area contributed by atoms with Crippen LogP contribution in [0.3, 0.4) is 0 Å². The van der Waals surface area contributed by atoms with Crippen LogP contribution < -0.4 is 4.74 Å². The number of aliphatic hydroxyl groups excluding tert-OH is 2. The van der Waals surface area contributed by atoms with Gasteiger partial charge in [0.15, 0.2) is 11.6 Å². The van der Waals surface area contributed by atoms with Gasteiger partial charge in [0.25, 0.3) is 0 Å². The summed E-state index contributed by atoms with van der Waals surface area (Å²) < 4.78 is 25.6. The number of fused-ring (bicyclic) bond motifs is 6. The van der Waals surface area contributed by atoms with E-state index < -0.39 is 0 Å². The lowest BCUT2D eigenvalue weighted by Gasteiger charge is -2.35. The molecular formula is C87H126O16. The third-order valence-corrected chi connectivity index (χ3v) is 22.3. The number of allylic oxidation sites excluding steroid dienone is 6. The summed E-state index contributed by atoms with van der Waals surface area (Å²) in [5.41, 5.74) is 2.72. The first-order valence-electron chi connectivity index (χ1n) is 36.9. The summed E-state index contributed by atoms with van der Waals surface area (Å²) in [5.74, 6) is 7.63. The van der Waals surface area contributed by atoms with Crippen LogP contribution >= 0.6 is 0 Å². The highest BCUT2D eigenvalue weighted by Crippen LogP contribution is 2.62. The molecule has 570 valence electrons. The van der Waals surface area contributed by atoms with E-state index >= 15 is 0 Å². The van der Waals surface area contributed by atoms with Crippen LogP contribution in [0, 0.1) is 56.7 Å². The minimum absolute atomic E-state index is 0.0252. The molecule has 0 aromatic heterocycles. The molecule has 2 bridgehead atoms. The van der Waals surface area contributed by atoms with Gasteiger partial charge in [-0.1, -0.05) is 218 Å². The minimum atomic E-state index is -0.379. The number of hydrogen-bond donors (Lipinski definition) is 2. The molecule has 10 aliphatic rings. The molecule has 10 atom stereocenters. The van der Waals surface area contributed by atoms with Crippen LogP contribution in [-0.2, 0) is 62.1 Å². The molecule has 10 unspecified atom stereocenters. The van der Waals surface area contributed by atoms with Gasteiger partial charge in [-0.05, 0) is 142 Å². The Morgan fingerprint density at radius 2 is 1.00 bits per heavy atom. The van der Waals surface area contributed by atoms with Crippen LogP contribution in [0.2, 0.25) is 0 Å². The first-order valence-corrected chi connectivity index (χ1v) is 36.9. The van der Waals surface area contributed by atoms with E-state index in [9.17, 15) is 33.6 Å². The second-order valence-electron chi connectivity index (χ2n) is 30.5. The Morgan fingerprint density at radius 1 is 0.515 bits per heavy atom. The molecule has 3 aromatic carbocycles. The molecule has 3 aromatic rings. The zero-order valence-corrected chi connectivity index (χ0v) is 65.1. The highest BCUT2D eigenvalue weighted by molar-refractivity contribution is 5.87. The molecule has 2 N–H and O–H groups in total. The molecular weight excluding hydrogens is 1300 g/mol. The largest absolute Gasteiger partial charge is 0.498 e. The van der Waals surface area contributed by atoms with Crippen molar-refractivity contribution in [3.63, 3.8) is 0 Å². The molecule has 13 rings (SSSR count). The molecule has 0 radical (unpaired) electrons. The number of ketones is 5. The number of aliphatic hydroxyl groups is 2. The zero-order chi connectivity index (χ0) is 78.1. The van der Waals surface area contributed by atoms with E-state index in [1.165, 1.54) is 37.7 Å². The number of cyclic esters (lactones) is 2. The molecule has 0 amide bonds. The first kappa shape index (κ1) is 91.4. The van der Waals surface area contributed by atoms with Crippen molar-refractivity contribution in [2.24, 2.45) is 56.7 Å². The summed E-state index contributed by atoms with van der Waals surface area (Å²) in [5, 5.41) is 17.3. The lowest BCUT2D eigenvalue weighted by Crippen LogP contribution is -2.33. The molecule has 4 saturated heterocycles. The van der Waals surface area contributed by atoms with Crippen LogP contribution in [0.5, 0.6) is 5.75 Å². The maximum Gasteiger partial charge on any atom is 0.318 e. The zero-order valence-electron chi connectivity index (χ0n) is 65.1. The number of benzene rings is 3. The van der Waals surface area contributed by atoms with E-state index in [-0.39, 0.29) is 87.3 Å². The number of ether oxygens (including phenoxy) is 5. The summed E-state index contributed by atoms with van der Waals surface area (Å²) in [7, 11) is 0. The number of para-hydroxylation sites is 1. The summed E-state index contributed by atoms with van der Waals surface area (Å²) in [4.78, 5) is 93.4. The molecule has 5 aliphatic carbocycles. The Balaban J connectivity index is 0.000000389. The molecule has 5 heterocycles. The van der Waals surface area contributed by atoms with Gasteiger partial charge in [-0.3, -0.25) is 33.6 Å². The van der Waals surface area contributed by atoms with E-state index in [0.717, 1.165) is 118 Å². The van der Waals surface area contributed by atoms with E-state index in [4.69, 9.17) is 43.5 Å². The molecule has 16 heteroatoms. The Morgan fingerprint density at radius 3 is 1.33 bits per heavy atom. The van der Waals surface area contributed by atoms with E-state index in [1.807, 2.05) is 127 Å². The van der Waals surface area contributed by atoms with E-state index in [1.54, 1.807) is 27.7 Å². The Kier molecular flexibility index (Phi) is 39.2. The van der Waals surface area contributed by atoms with Crippen molar-refractivity contribution < 1.29 is 77.0 Å². The predicted molar refractivity (Wildman–Crippen MR) is 408 cm³/mol. The van der Waals surface area contributed by atoms with E-state index in [0.29, 0.717) is 59.6 Å². The molecule has 5 aliphatic heterocycles. The summed E-state index contributed by atoms with van der Waals surface area (Å²) in [6, 6.07) is 27.3. The number of hydrogen-bond acceptors (Lipinski definition) is 16. The summed E-state index contributed by atoms with van der Waals surface area (Å²) >= 11 is 0. The van der Waals surface area contributed by atoms with Crippen molar-refractivity contribution in [1.29, 1.82) is 0 Å². The van der Waals surface area contributed by atoms with E-state index in [2.05, 4.69) is 86.1 Å². The van der Waals surface area contributed by atoms with Crippen LogP contribution in [0.25, 0.3) is 0 Å². The summed E-state index contributed by atoms with van der Waals surface area (Å²) in [6.07, 6.45) is 24.0. The van der Waals surface area contributed by atoms with Gasteiger partial charge in [0.05, 0.1) is 41.7 Å². The van der Waals surface area contributed by atoms with Gasteiger partial charge in [-0.25, -0.2) is 0 Å². The lowest BCUT2D eigenvalue weighted by molar-refractivity contribution is -0.145. The summed E-state index contributed by atoms with van der Waals surface area (Å²) in [6.45, 7) is 49.2. The lowest BCUT2D eigenvalue weighted by atomic mass is 9.68. The van der Waals surface area contributed by atoms with Crippen molar-refractivity contribution in [1.82, 2.24) is 0 Å². The Hall–Kier alpha value is -7.69. The molecule has 103 heavy (non-hydrogen) atoms. The van der Waals surface area contributed by atoms with Crippen LogP contribution in [0.4, 0.5) is 0 Å². The van der Waals surface area contributed by atoms with Crippen LogP contribution in [0.15, 0.2) is 146 Å². The Bertz CT molecular complexity index is 3250. The number of carbonyl (C=O) groups is 9. The minimum Gasteiger partial charge on any atom is -0.498 e. The van der Waals surface area contributed by atoms with Gasteiger partial charge in [-0.2, -0.15) is 0 Å². The third-order valence-electron chi connectivity index (χ3n) is 22.3. The van der Waals surface area contributed by atoms with Crippen molar-refractivity contribution in [3.8, 4) is 5.75 Å². The fraction of sp³-hybridized carbons (Fsp3) is 0.575. The average molecular weight is 1430 g/mol. The van der Waals surface area contributed by atoms with Gasteiger partial charge in [0.1, 0.15) is 61.4 Å². The monoisotopic (exact) mass is 1430 g/mol. The van der Waals surface area contributed by atoms with Gasteiger partial charge in [0, 0.05) is 57.3 Å². The number of esters is 2. The first-order chi connectivity index (χ1) is 48.5. The van der Waals surface area contributed by atoms with Crippen molar-refractivity contribution in [2.45, 2.75) is 237 Å². The number of carbonyl (C=O) groups excluding carboxylic acids is 9. The fourth-order valence-corrected chi connectivity index (χ4v) is 13.6. The molecule has 4 saturated carbocycles.